The number of methoxy groups -OCH3 is 1. The Kier molecular flexibility index (Phi) is 11.1. The van der Waals surface area contributed by atoms with Gasteiger partial charge in [0.2, 0.25) is 0 Å². The molecule has 0 radical (unpaired) electrons. The van der Waals surface area contributed by atoms with E-state index in [9.17, 15) is 13.2 Å². The number of carboxylic acids is 1. The first-order valence-electron chi connectivity index (χ1n) is 7.71. The van der Waals surface area contributed by atoms with Crippen molar-refractivity contribution in [3.05, 3.63) is 24.1 Å². The van der Waals surface area contributed by atoms with Crippen LogP contribution in [0.1, 0.15) is 32.6 Å². The van der Waals surface area contributed by atoms with Crippen LogP contribution in [0, 0.1) is 0 Å². The molecule has 3 N–H and O–H groups in total. The summed E-state index contributed by atoms with van der Waals surface area (Å²) in [6.07, 6.45) is 3.92. The van der Waals surface area contributed by atoms with Crippen LogP contribution in [0.3, 0.4) is 0 Å². The minimum Gasteiger partial charge on any atom is -0.495 e. The van der Waals surface area contributed by atoms with E-state index >= 15 is 0 Å². The first kappa shape index (κ1) is 22.4. The maximum absolute atomic E-state index is 10.7. The summed E-state index contributed by atoms with van der Waals surface area (Å²) in [4.78, 5) is 12.5. The van der Waals surface area contributed by atoms with Crippen molar-refractivity contribution in [3.63, 3.8) is 0 Å². The van der Waals surface area contributed by atoms with E-state index in [1.54, 1.807) is 6.08 Å². The summed E-state index contributed by atoms with van der Waals surface area (Å²) in [6, 6.07) is 0. The van der Waals surface area contributed by atoms with E-state index in [2.05, 4.69) is 11.9 Å². The van der Waals surface area contributed by atoms with Crippen molar-refractivity contribution >= 4 is 16.1 Å². The Labute approximate surface area is 143 Å². The monoisotopic (exact) mass is 364 g/mol. The van der Waals surface area contributed by atoms with Crippen molar-refractivity contribution in [2.24, 2.45) is 0 Å². The van der Waals surface area contributed by atoms with Gasteiger partial charge in [-0.2, -0.15) is 8.42 Å². The number of nitrogens with one attached hydrogen (secondary N) is 1. The topological polar surface area (TPSA) is 116 Å². The van der Waals surface area contributed by atoms with E-state index in [1.165, 1.54) is 7.11 Å². The van der Waals surface area contributed by atoms with Gasteiger partial charge in [0.05, 0.1) is 25.2 Å². The molecule has 0 aliphatic heterocycles. The fraction of sp³-hybridized carbons (Fsp3) is 0.667. The van der Waals surface area contributed by atoms with Gasteiger partial charge in [-0.3, -0.25) is 14.7 Å². The van der Waals surface area contributed by atoms with Gasteiger partial charge in [-0.05, 0) is 25.8 Å². The van der Waals surface area contributed by atoms with Crippen LogP contribution in [-0.2, 0) is 19.6 Å². The van der Waals surface area contributed by atoms with Crippen molar-refractivity contribution in [3.8, 4) is 0 Å². The maximum Gasteiger partial charge on any atom is 0.303 e. The average molecular weight is 364 g/mol. The van der Waals surface area contributed by atoms with Crippen LogP contribution in [0.4, 0.5) is 0 Å². The molecule has 0 aromatic rings. The zero-order valence-corrected chi connectivity index (χ0v) is 15.1. The van der Waals surface area contributed by atoms with Crippen molar-refractivity contribution in [2.75, 3.05) is 32.6 Å². The molecule has 0 aliphatic rings. The molecule has 0 amide bonds. The fourth-order valence-electron chi connectivity index (χ4n) is 2.07. The number of unbranched alkanes of at least 4 members (excludes halogenated alkanes) is 2. The lowest BCUT2D eigenvalue weighted by Gasteiger charge is -2.27. The molecule has 140 valence electrons. The number of hydrogen-bond acceptors (Lipinski definition) is 6. The molecular weight excluding hydrogens is 336 g/mol. The van der Waals surface area contributed by atoms with E-state index < -0.39 is 16.1 Å². The van der Waals surface area contributed by atoms with Crippen LogP contribution in [0.2, 0.25) is 0 Å². The molecule has 0 fully saturated rings. The van der Waals surface area contributed by atoms with Crippen LogP contribution < -0.4 is 5.32 Å². The molecule has 24 heavy (non-hydrogen) atoms. The molecule has 0 aliphatic carbocycles. The van der Waals surface area contributed by atoms with Crippen LogP contribution in [0.15, 0.2) is 24.1 Å². The van der Waals surface area contributed by atoms with Crippen molar-refractivity contribution in [2.45, 2.75) is 32.6 Å². The highest BCUT2D eigenvalue weighted by atomic mass is 32.2. The van der Waals surface area contributed by atoms with Gasteiger partial charge in [0, 0.05) is 19.5 Å². The number of ether oxygens (including phenoxy) is 1. The first-order chi connectivity index (χ1) is 11.2. The smallest absolute Gasteiger partial charge is 0.303 e. The number of carboxylic acid groups (broad SMARTS) is 1. The van der Waals surface area contributed by atoms with E-state index in [0.29, 0.717) is 25.4 Å². The van der Waals surface area contributed by atoms with Crippen LogP contribution in [-0.4, -0.2) is 61.6 Å². The molecular formula is C15H28N2O6S. The van der Waals surface area contributed by atoms with Gasteiger partial charge in [0.25, 0.3) is 10.1 Å². The van der Waals surface area contributed by atoms with Gasteiger partial charge in [-0.1, -0.05) is 13.0 Å². The van der Waals surface area contributed by atoms with Crippen molar-refractivity contribution in [1.82, 2.24) is 10.2 Å². The van der Waals surface area contributed by atoms with E-state index in [0.717, 1.165) is 18.5 Å². The summed E-state index contributed by atoms with van der Waals surface area (Å²) in [5.74, 6) is -0.555. The second-order valence-corrected chi connectivity index (χ2v) is 6.84. The maximum atomic E-state index is 10.7. The molecule has 0 unspecified atom stereocenters. The largest absolute Gasteiger partial charge is 0.495 e. The molecule has 0 aromatic carbocycles. The quantitative estimate of drug-likeness (QED) is 0.139. The Morgan fingerprint density at radius 2 is 2.00 bits per heavy atom. The molecule has 0 atom stereocenters. The summed E-state index contributed by atoms with van der Waals surface area (Å²) in [5, 5.41) is 11.6. The number of nitrogens with zero attached hydrogens (tertiary/aromatic N) is 1. The molecule has 9 heteroatoms. The van der Waals surface area contributed by atoms with Gasteiger partial charge >= 0.3 is 5.97 Å². The predicted molar refractivity (Wildman–Crippen MR) is 92.0 cm³/mol. The number of aliphatic carboxylic acids is 1. The molecule has 0 spiro atoms. The summed E-state index contributed by atoms with van der Waals surface area (Å²) in [7, 11) is -2.45. The third-order valence-electron chi connectivity index (χ3n) is 3.39. The lowest BCUT2D eigenvalue weighted by Crippen LogP contribution is -2.36. The molecule has 0 saturated carbocycles. The lowest BCUT2D eigenvalue weighted by molar-refractivity contribution is -0.137. The Bertz CT molecular complexity index is 530. The minimum atomic E-state index is -3.99. The first-order valence-corrected chi connectivity index (χ1v) is 9.32. The zero-order valence-electron chi connectivity index (χ0n) is 14.3. The molecule has 0 heterocycles. The second-order valence-electron chi connectivity index (χ2n) is 5.27. The second kappa shape index (κ2) is 11.9. The van der Waals surface area contributed by atoms with E-state index in [1.807, 2.05) is 11.8 Å². The van der Waals surface area contributed by atoms with Gasteiger partial charge in [0.1, 0.15) is 5.76 Å². The molecule has 0 aromatic heterocycles. The Hall–Kier alpha value is -1.58. The zero-order chi connectivity index (χ0) is 18.6. The van der Waals surface area contributed by atoms with Crippen LogP contribution in [0.25, 0.3) is 0 Å². The SMILES string of the molecule is C=C/C(OC)=C(\C)N(CCCCCC(=O)O)CNCCS(=O)(=O)O. The standard InChI is InChI=1S/C15H28N2O6S/c1-4-14(23-3)13(2)17(10-7-5-6-8-15(18)19)12-16-9-11-24(20,21)22/h4,16H,1,5-12H2,2-3H3,(H,18,19)(H,20,21,22)/b14-13-. The highest BCUT2D eigenvalue weighted by Crippen LogP contribution is 2.13. The summed E-state index contributed by atoms with van der Waals surface area (Å²) >= 11 is 0. The van der Waals surface area contributed by atoms with Crippen molar-refractivity contribution < 1.29 is 27.6 Å². The molecule has 0 rings (SSSR count). The molecule has 0 saturated heterocycles. The van der Waals surface area contributed by atoms with Gasteiger partial charge in [0.15, 0.2) is 0 Å². The number of hydrogen-bond donors (Lipinski definition) is 3. The summed E-state index contributed by atoms with van der Waals surface area (Å²) in [5.41, 5.74) is 0.838. The number of rotatable bonds is 14. The Balaban J connectivity index is 4.57. The Morgan fingerprint density at radius 3 is 2.50 bits per heavy atom. The minimum absolute atomic E-state index is 0.123. The fourth-order valence-corrected chi connectivity index (χ4v) is 2.47. The third-order valence-corrected chi connectivity index (χ3v) is 4.11. The Morgan fingerprint density at radius 1 is 1.33 bits per heavy atom. The van der Waals surface area contributed by atoms with Gasteiger partial charge in [-0.25, -0.2) is 0 Å². The van der Waals surface area contributed by atoms with E-state index in [-0.39, 0.29) is 18.7 Å². The molecule has 0 bridgehead atoms. The highest BCUT2D eigenvalue weighted by molar-refractivity contribution is 7.85. The van der Waals surface area contributed by atoms with Crippen molar-refractivity contribution in [1.29, 1.82) is 0 Å². The predicted octanol–water partition coefficient (Wildman–Crippen LogP) is 1.43. The highest BCUT2D eigenvalue weighted by Gasteiger charge is 2.11. The summed E-state index contributed by atoms with van der Waals surface area (Å²) in [6.45, 7) is 6.71. The van der Waals surface area contributed by atoms with Crippen LogP contribution in [0.5, 0.6) is 0 Å². The average Bonchev–Trinajstić information content (AvgIpc) is 2.48. The normalized spacial score (nSPS) is 12.5. The number of allylic oxidation sites excluding steroid dienone is 2. The number of carbonyl (C=O) groups is 1. The summed E-state index contributed by atoms with van der Waals surface area (Å²) < 4.78 is 35.4. The van der Waals surface area contributed by atoms with Gasteiger partial charge < -0.3 is 14.7 Å². The van der Waals surface area contributed by atoms with Crippen LogP contribution >= 0.6 is 0 Å². The third kappa shape index (κ3) is 11.0. The lowest BCUT2D eigenvalue weighted by atomic mass is 10.2. The van der Waals surface area contributed by atoms with E-state index in [4.69, 9.17) is 14.4 Å². The van der Waals surface area contributed by atoms with Gasteiger partial charge in [-0.15, -0.1) is 0 Å². The molecule has 8 nitrogen and oxygen atoms in total.